The summed E-state index contributed by atoms with van der Waals surface area (Å²) in [5, 5.41) is 2.68. The van der Waals surface area contributed by atoms with Crippen LogP contribution in [0.4, 0.5) is 13.2 Å². The molecule has 1 rings (SSSR count). The molecule has 0 saturated carbocycles. The van der Waals surface area contributed by atoms with E-state index in [2.05, 4.69) is 5.18 Å². The summed E-state index contributed by atoms with van der Waals surface area (Å²) in [5.74, 6) is -4.14. The van der Waals surface area contributed by atoms with Crippen molar-refractivity contribution in [2.45, 2.75) is 19.4 Å². The van der Waals surface area contributed by atoms with Gasteiger partial charge >= 0.3 is 0 Å². The lowest BCUT2D eigenvalue weighted by Gasteiger charge is -2.06. The highest BCUT2D eigenvalue weighted by molar-refractivity contribution is 5.22. The van der Waals surface area contributed by atoms with E-state index in [9.17, 15) is 18.1 Å². The third-order valence-corrected chi connectivity index (χ3v) is 1.90. The first-order valence-corrected chi connectivity index (χ1v) is 4.07. The third kappa shape index (κ3) is 1.92. The quantitative estimate of drug-likeness (QED) is 0.547. The van der Waals surface area contributed by atoms with E-state index in [1.54, 1.807) is 6.92 Å². The minimum absolute atomic E-state index is 0.0545. The zero-order valence-electron chi connectivity index (χ0n) is 7.43. The smallest absolute Gasteiger partial charge is 0.194 e. The van der Waals surface area contributed by atoms with Crippen molar-refractivity contribution in [2.75, 3.05) is 0 Å². The van der Waals surface area contributed by atoms with Gasteiger partial charge in [-0.15, -0.1) is 0 Å². The SMILES string of the molecule is CCC(N=O)c1cc(F)c(F)c(F)c1. The van der Waals surface area contributed by atoms with Gasteiger partial charge in [0.1, 0.15) is 6.04 Å². The highest BCUT2D eigenvalue weighted by atomic mass is 19.2. The molecule has 0 N–H and O–H groups in total. The summed E-state index contributed by atoms with van der Waals surface area (Å²) in [6.07, 6.45) is 0.314. The number of nitroso groups, excluding NO2 is 1. The number of hydrogen-bond acceptors (Lipinski definition) is 2. The van der Waals surface area contributed by atoms with Crippen LogP contribution < -0.4 is 0 Å². The summed E-state index contributed by atoms with van der Waals surface area (Å²) in [7, 11) is 0. The lowest BCUT2D eigenvalue weighted by Crippen LogP contribution is -1.98. The van der Waals surface area contributed by atoms with E-state index in [1.165, 1.54) is 0 Å². The zero-order chi connectivity index (χ0) is 10.7. The lowest BCUT2D eigenvalue weighted by atomic mass is 10.1. The van der Waals surface area contributed by atoms with Crippen LogP contribution in [0.25, 0.3) is 0 Å². The molecule has 0 aliphatic heterocycles. The molecule has 0 bridgehead atoms. The van der Waals surface area contributed by atoms with Crippen molar-refractivity contribution in [2.24, 2.45) is 5.18 Å². The predicted molar refractivity (Wildman–Crippen MR) is 45.1 cm³/mol. The van der Waals surface area contributed by atoms with Gasteiger partial charge in [-0.2, -0.15) is 4.91 Å². The van der Waals surface area contributed by atoms with Crippen LogP contribution in [0.15, 0.2) is 17.3 Å². The van der Waals surface area contributed by atoms with Crippen molar-refractivity contribution in [1.82, 2.24) is 0 Å². The molecule has 1 aromatic rings. The molecule has 5 heteroatoms. The minimum Gasteiger partial charge on any atom is -0.204 e. The highest BCUT2D eigenvalue weighted by Gasteiger charge is 2.16. The maximum absolute atomic E-state index is 12.7. The molecule has 0 amide bonds. The Morgan fingerprint density at radius 2 is 1.79 bits per heavy atom. The van der Waals surface area contributed by atoms with E-state index in [4.69, 9.17) is 0 Å². The van der Waals surface area contributed by atoms with E-state index in [-0.39, 0.29) is 5.56 Å². The Bertz CT molecular complexity index is 331. The van der Waals surface area contributed by atoms with Crippen LogP contribution in [0.1, 0.15) is 24.9 Å². The summed E-state index contributed by atoms with van der Waals surface area (Å²) in [4.78, 5) is 10.3. The molecule has 14 heavy (non-hydrogen) atoms. The van der Waals surface area contributed by atoms with Gasteiger partial charge in [-0.05, 0) is 24.1 Å². The van der Waals surface area contributed by atoms with Crippen LogP contribution in [-0.2, 0) is 0 Å². The van der Waals surface area contributed by atoms with Gasteiger partial charge in [0.2, 0.25) is 0 Å². The molecule has 76 valence electrons. The topological polar surface area (TPSA) is 29.4 Å². The molecule has 0 aromatic heterocycles. The van der Waals surface area contributed by atoms with E-state index in [0.717, 1.165) is 12.1 Å². The Labute approximate surface area is 78.7 Å². The molecular formula is C9H8F3NO. The number of rotatable bonds is 3. The fourth-order valence-electron chi connectivity index (χ4n) is 1.14. The van der Waals surface area contributed by atoms with Crippen LogP contribution in [-0.4, -0.2) is 0 Å². The molecule has 1 aromatic carbocycles. The standard InChI is InChI=1S/C9H8F3NO/c1-2-8(13-14)5-3-6(10)9(12)7(11)4-5/h3-4,8H,2H2,1H3. The second kappa shape index (κ2) is 4.21. The second-order valence-electron chi connectivity index (χ2n) is 2.83. The molecule has 0 radical (unpaired) electrons. The Morgan fingerprint density at radius 1 is 1.29 bits per heavy atom. The number of benzene rings is 1. The molecule has 0 fully saturated rings. The van der Waals surface area contributed by atoms with Crippen molar-refractivity contribution < 1.29 is 13.2 Å². The van der Waals surface area contributed by atoms with Crippen LogP contribution >= 0.6 is 0 Å². The van der Waals surface area contributed by atoms with Crippen LogP contribution in [0, 0.1) is 22.4 Å². The average molecular weight is 203 g/mol. The maximum atomic E-state index is 12.7. The molecule has 0 aliphatic rings. The van der Waals surface area contributed by atoms with Gasteiger partial charge in [-0.1, -0.05) is 12.1 Å². The first kappa shape index (κ1) is 10.7. The summed E-state index contributed by atoms with van der Waals surface area (Å²) >= 11 is 0. The molecule has 2 nitrogen and oxygen atoms in total. The van der Waals surface area contributed by atoms with Gasteiger partial charge in [0.15, 0.2) is 17.5 Å². The third-order valence-electron chi connectivity index (χ3n) is 1.90. The van der Waals surface area contributed by atoms with Gasteiger partial charge in [0, 0.05) is 0 Å². The maximum Gasteiger partial charge on any atom is 0.194 e. The van der Waals surface area contributed by atoms with Gasteiger partial charge in [0.05, 0.1) is 0 Å². The Kier molecular flexibility index (Phi) is 3.22. The fourth-order valence-corrected chi connectivity index (χ4v) is 1.14. The monoisotopic (exact) mass is 203 g/mol. The largest absolute Gasteiger partial charge is 0.204 e. The van der Waals surface area contributed by atoms with Gasteiger partial charge in [-0.3, -0.25) is 0 Å². The molecular weight excluding hydrogens is 195 g/mol. The minimum atomic E-state index is -1.53. The molecule has 1 atom stereocenters. The van der Waals surface area contributed by atoms with E-state index < -0.39 is 23.5 Å². The second-order valence-corrected chi connectivity index (χ2v) is 2.83. The van der Waals surface area contributed by atoms with Crippen molar-refractivity contribution in [3.05, 3.63) is 40.1 Å². The van der Waals surface area contributed by atoms with Crippen molar-refractivity contribution in [3.8, 4) is 0 Å². The lowest BCUT2D eigenvalue weighted by molar-refractivity contribution is 0.443. The molecule has 0 saturated heterocycles. The first-order chi connectivity index (χ1) is 6.60. The summed E-state index contributed by atoms with van der Waals surface area (Å²) in [5.41, 5.74) is 0.0545. The Hall–Kier alpha value is -1.39. The van der Waals surface area contributed by atoms with Crippen molar-refractivity contribution >= 4 is 0 Å². The Balaban J connectivity index is 3.17. The molecule has 0 spiro atoms. The van der Waals surface area contributed by atoms with Crippen molar-refractivity contribution in [1.29, 1.82) is 0 Å². The van der Waals surface area contributed by atoms with Crippen LogP contribution in [0.3, 0.4) is 0 Å². The van der Waals surface area contributed by atoms with Gasteiger partial charge in [-0.25, -0.2) is 13.2 Å². The van der Waals surface area contributed by atoms with Crippen LogP contribution in [0.2, 0.25) is 0 Å². The van der Waals surface area contributed by atoms with E-state index in [1.807, 2.05) is 0 Å². The normalized spacial score (nSPS) is 12.6. The molecule has 0 aliphatic carbocycles. The number of halogens is 3. The first-order valence-electron chi connectivity index (χ1n) is 4.07. The summed E-state index contributed by atoms with van der Waals surface area (Å²) in [6.45, 7) is 1.64. The summed E-state index contributed by atoms with van der Waals surface area (Å²) in [6, 6.07) is 0.738. The predicted octanol–water partition coefficient (Wildman–Crippen LogP) is 3.32. The fraction of sp³-hybridized carbons (Fsp3) is 0.333. The average Bonchev–Trinajstić information content (AvgIpc) is 2.16. The van der Waals surface area contributed by atoms with Gasteiger partial charge < -0.3 is 0 Å². The van der Waals surface area contributed by atoms with Crippen LogP contribution in [0.5, 0.6) is 0 Å². The number of nitrogens with zero attached hydrogens (tertiary/aromatic N) is 1. The molecule has 1 unspecified atom stereocenters. The van der Waals surface area contributed by atoms with Gasteiger partial charge in [0.25, 0.3) is 0 Å². The van der Waals surface area contributed by atoms with Crippen molar-refractivity contribution in [3.63, 3.8) is 0 Å². The Morgan fingerprint density at radius 3 is 2.14 bits per heavy atom. The number of hydrogen-bond donors (Lipinski definition) is 0. The zero-order valence-corrected chi connectivity index (χ0v) is 7.43. The van der Waals surface area contributed by atoms with E-state index in [0.29, 0.717) is 6.42 Å². The molecule has 0 heterocycles. The summed E-state index contributed by atoms with van der Waals surface area (Å²) < 4.78 is 38.0. The highest BCUT2D eigenvalue weighted by Crippen LogP contribution is 2.24. The van der Waals surface area contributed by atoms with E-state index >= 15 is 0 Å².